The van der Waals surface area contributed by atoms with E-state index < -0.39 is 5.97 Å². The van der Waals surface area contributed by atoms with Crippen molar-refractivity contribution in [2.45, 2.75) is 26.0 Å². The second-order valence-electron chi connectivity index (χ2n) is 5.35. The van der Waals surface area contributed by atoms with Gasteiger partial charge in [0.25, 0.3) is 0 Å². The van der Waals surface area contributed by atoms with Crippen LogP contribution in [0.5, 0.6) is 11.5 Å². The number of hydrogen-bond acceptors (Lipinski definition) is 6. The van der Waals surface area contributed by atoms with Crippen molar-refractivity contribution in [1.29, 1.82) is 0 Å². The first-order valence-corrected chi connectivity index (χ1v) is 7.22. The number of nitrogens with zero attached hydrogens (tertiary/aromatic N) is 2. The van der Waals surface area contributed by atoms with Crippen LogP contribution in [0.15, 0.2) is 24.5 Å². The zero-order chi connectivity index (χ0) is 16.4. The van der Waals surface area contributed by atoms with Crippen LogP contribution in [0.2, 0.25) is 0 Å². The number of nitrogens with one attached hydrogen (secondary N) is 1. The van der Waals surface area contributed by atoms with Crippen molar-refractivity contribution in [3.63, 3.8) is 0 Å². The molecule has 1 aromatic carbocycles. The molecule has 3 rings (SSSR count). The Labute approximate surface area is 133 Å². The molecule has 120 valence electrons. The minimum absolute atomic E-state index is 0.0898. The van der Waals surface area contributed by atoms with Crippen molar-refractivity contribution in [2.24, 2.45) is 0 Å². The lowest BCUT2D eigenvalue weighted by atomic mass is 10.1. The normalized spacial score (nSPS) is 15.7. The molecule has 7 heteroatoms. The second kappa shape index (κ2) is 6.12. The van der Waals surface area contributed by atoms with E-state index in [0.717, 1.165) is 29.0 Å². The van der Waals surface area contributed by atoms with E-state index in [4.69, 9.17) is 14.6 Å². The van der Waals surface area contributed by atoms with Gasteiger partial charge in [0, 0.05) is 24.1 Å². The number of benzene rings is 1. The fourth-order valence-electron chi connectivity index (χ4n) is 2.53. The Morgan fingerprint density at radius 2 is 2.26 bits per heavy atom. The molecule has 0 saturated heterocycles. The Balaban J connectivity index is 1.75. The maximum absolute atomic E-state index is 10.8. The molecular weight excluding hydrogens is 298 g/mol. The predicted molar refractivity (Wildman–Crippen MR) is 83.1 cm³/mol. The first-order chi connectivity index (χ1) is 11.1. The number of rotatable bonds is 5. The number of methoxy groups -OCH3 is 1. The molecule has 1 aromatic heterocycles. The van der Waals surface area contributed by atoms with Crippen molar-refractivity contribution in [1.82, 2.24) is 9.97 Å². The van der Waals surface area contributed by atoms with Gasteiger partial charge in [0.15, 0.2) is 5.69 Å². The van der Waals surface area contributed by atoms with Crippen LogP contribution in [-0.4, -0.2) is 34.3 Å². The summed E-state index contributed by atoms with van der Waals surface area (Å²) < 4.78 is 11.2. The van der Waals surface area contributed by atoms with Gasteiger partial charge in [0.2, 0.25) is 0 Å². The molecule has 7 nitrogen and oxygen atoms in total. The Bertz CT molecular complexity index is 731. The Kier molecular flexibility index (Phi) is 4.01. The van der Waals surface area contributed by atoms with Crippen molar-refractivity contribution in [2.75, 3.05) is 12.4 Å². The summed E-state index contributed by atoms with van der Waals surface area (Å²) in [6.45, 7) is 2.50. The molecule has 2 aromatic rings. The van der Waals surface area contributed by atoms with Crippen molar-refractivity contribution in [3.8, 4) is 11.5 Å². The summed E-state index contributed by atoms with van der Waals surface area (Å²) in [7, 11) is 1.63. The summed E-state index contributed by atoms with van der Waals surface area (Å²) in [5.41, 5.74) is 1.99. The number of carbonyl (C=O) groups is 1. The van der Waals surface area contributed by atoms with Crippen LogP contribution in [0.4, 0.5) is 5.82 Å². The molecular formula is C16H17N3O4. The predicted octanol–water partition coefficient (Wildman–Crippen LogP) is 2.12. The molecule has 1 atom stereocenters. The highest BCUT2D eigenvalue weighted by atomic mass is 16.5. The first-order valence-electron chi connectivity index (χ1n) is 7.22. The smallest absolute Gasteiger partial charge is 0.356 e. The lowest BCUT2D eigenvalue weighted by molar-refractivity contribution is 0.0690. The number of hydrogen-bond donors (Lipinski definition) is 2. The number of fused-ring (bicyclic) bond motifs is 1. The third-order valence-electron chi connectivity index (χ3n) is 3.63. The van der Waals surface area contributed by atoms with Crippen molar-refractivity contribution >= 4 is 11.8 Å². The van der Waals surface area contributed by atoms with Gasteiger partial charge in [-0.2, -0.15) is 0 Å². The quantitative estimate of drug-likeness (QED) is 0.872. The molecule has 0 spiro atoms. The van der Waals surface area contributed by atoms with Crippen LogP contribution in [-0.2, 0) is 13.0 Å². The third-order valence-corrected chi connectivity index (χ3v) is 3.63. The highest BCUT2D eigenvalue weighted by Gasteiger charge is 2.21. The van der Waals surface area contributed by atoms with Crippen molar-refractivity contribution < 1.29 is 19.4 Å². The van der Waals surface area contributed by atoms with Gasteiger partial charge in [0.1, 0.15) is 23.4 Å². The average molecular weight is 315 g/mol. The van der Waals surface area contributed by atoms with E-state index in [0.29, 0.717) is 12.4 Å². The van der Waals surface area contributed by atoms with Gasteiger partial charge in [0.05, 0.1) is 19.5 Å². The number of carboxylic acid groups (broad SMARTS) is 1. The van der Waals surface area contributed by atoms with Gasteiger partial charge in [-0.15, -0.1) is 0 Å². The third kappa shape index (κ3) is 3.18. The molecule has 0 fully saturated rings. The lowest BCUT2D eigenvalue weighted by Crippen LogP contribution is -2.06. The van der Waals surface area contributed by atoms with E-state index in [1.807, 2.05) is 19.1 Å². The highest BCUT2D eigenvalue weighted by molar-refractivity contribution is 5.84. The number of aromatic nitrogens is 2. The highest BCUT2D eigenvalue weighted by Crippen LogP contribution is 2.35. The summed E-state index contributed by atoms with van der Waals surface area (Å²) in [5, 5.41) is 11.9. The summed E-state index contributed by atoms with van der Waals surface area (Å²) in [6, 6.07) is 3.96. The zero-order valence-electron chi connectivity index (χ0n) is 12.9. The fourth-order valence-corrected chi connectivity index (χ4v) is 2.53. The zero-order valence-corrected chi connectivity index (χ0v) is 12.9. The van der Waals surface area contributed by atoms with Gasteiger partial charge < -0.3 is 19.9 Å². The molecule has 23 heavy (non-hydrogen) atoms. The first kappa shape index (κ1) is 15.1. The van der Waals surface area contributed by atoms with E-state index in [1.165, 1.54) is 12.4 Å². The fraction of sp³-hybridized carbons (Fsp3) is 0.312. The van der Waals surface area contributed by atoms with Crippen LogP contribution < -0.4 is 14.8 Å². The summed E-state index contributed by atoms with van der Waals surface area (Å²) in [4.78, 5) is 18.6. The van der Waals surface area contributed by atoms with Gasteiger partial charge in [-0.05, 0) is 19.1 Å². The van der Waals surface area contributed by atoms with Crippen LogP contribution in [0.25, 0.3) is 0 Å². The molecule has 1 unspecified atom stereocenters. The maximum Gasteiger partial charge on any atom is 0.356 e. The van der Waals surface area contributed by atoms with E-state index in [1.54, 1.807) is 7.11 Å². The van der Waals surface area contributed by atoms with Crippen LogP contribution in [0.3, 0.4) is 0 Å². The molecule has 0 radical (unpaired) electrons. The number of carboxylic acids is 1. The molecule has 2 N–H and O–H groups in total. The second-order valence-corrected chi connectivity index (χ2v) is 5.35. The molecule has 2 heterocycles. The van der Waals surface area contributed by atoms with Crippen LogP contribution >= 0.6 is 0 Å². The Morgan fingerprint density at radius 3 is 2.91 bits per heavy atom. The molecule has 0 saturated carbocycles. The summed E-state index contributed by atoms with van der Waals surface area (Å²) >= 11 is 0. The molecule has 0 bridgehead atoms. The molecule has 0 amide bonds. The molecule has 1 aliphatic heterocycles. The Morgan fingerprint density at radius 1 is 1.43 bits per heavy atom. The minimum atomic E-state index is -1.10. The topological polar surface area (TPSA) is 93.6 Å². The largest absolute Gasteiger partial charge is 0.496 e. The maximum atomic E-state index is 10.8. The number of ether oxygens (including phenoxy) is 2. The van der Waals surface area contributed by atoms with E-state index in [2.05, 4.69) is 15.3 Å². The number of anilines is 1. The molecule has 0 aliphatic carbocycles. The minimum Gasteiger partial charge on any atom is -0.496 e. The molecule has 1 aliphatic rings. The number of aromatic carboxylic acids is 1. The summed E-state index contributed by atoms with van der Waals surface area (Å²) in [6.07, 6.45) is 3.66. The van der Waals surface area contributed by atoms with Gasteiger partial charge >= 0.3 is 5.97 Å². The van der Waals surface area contributed by atoms with E-state index >= 15 is 0 Å². The van der Waals surface area contributed by atoms with E-state index in [9.17, 15) is 4.79 Å². The van der Waals surface area contributed by atoms with Crippen LogP contribution in [0.1, 0.15) is 28.5 Å². The summed E-state index contributed by atoms with van der Waals surface area (Å²) in [5.74, 6) is 1.05. The van der Waals surface area contributed by atoms with Gasteiger partial charge in [-0.25, -0.2) is 14.8 Å². The van der Waals surface area contributed by atoms with Gasteiger partial charge in [-0.3, -0.25) is 0 Å². The van der Waals surface area contributed by atoms with Crippen LogP contribution in [0, 0.1) is 0 Å². The average Bonchev–Trinajstić information content (AvgIpc) is 2.91. The lowest BCUT2D eigenvalue weighted by Gasteiger charge is -2.12. The Hall–Kier alpha value is -2.83. The SMILES string of the molecule is COc1cc2c(cc1CNc1cnc(C(=O)O)cn1)OC(C)C2. The van der Waals surface area contributed by atoms with Crippen molar-refractivity contribution in [3.05, 3.63) is 41.3 Å². The van der Waals surface area contributed by atoms with Gasteiger partial charge in [-0.1, -0.05) is 0 Å². The monoisotopic (exact) mass is 315 g/mol. The standard InChI is InChI=1S/C16H17N3O4/c1-9-3-10-4-13(22-2)11(5-14(10)23-9)6-18-15-8-17-12(7-19-15)16(20)21/h4-5,7-9H,3,6H2,1-2H3,(H,18,19)(H,20,21). The van der Waals surface area contributed by atoms with E-state index in [-0.39, 0.29) is 11.8 Å².